The van der Waals surface area contributed by atoms with E-state index in [0.29, 0.717) is 30.1 Å². The first-order chi connectivity index (χ1) is 15.5. The number of aryl methyl sites for hydroxylation is 1. The van der Waals surface area contributed by atoms with Crippen LogP contribution >= 0.6 is 0 Å². The Morgan fingerprint density at radius 2 is 1.66 bits per heavy atom. The lowest BCUT2D eigenvalue weighted by Gasteiger charge is -2.32. The number of carbonyl (C=O) groups excluding carboxylic acids is 2. The van der Waals surface area contributed by atoms with Crippen molar-refractivity contribution in [3.63, 3.8) is 0 Å². The summed E-state index contributed by atoms with van der Waals surface area (Å²) in [4.78, 5) is 27.8. The lowest BCUT2D eigenvalue weighted by molar-refractivity contribution is -0.120. The molecule has 1 saturated carbocycles. The molecule has 1 aliphatic carbocycles. The van der Waals surface area contributed by atoms with E-state index in [-0.39, 0.29) is 17.7 Å². The molecule has 1 heterocycles. The summed E-state index contributed by atoms with van der Waals surface area (Å²) in [6, 6.07) is 15.6. The quantitative estimate of drug-likeness (QED) is 0.707. The smallest absolute Gasteiger partial charge is 0.253 e. The Kier molecular flexibility index (Phi) is 6.90. The van der Waals surface area contributed by atoms with Gasteiger partial charge in [-0.3, -0.25) is 9.59 Å². The summed E-state index contributed by atoms with van der Waals surface area (Å²) < 4.78 is 0. The molecule has 5 heteroatoms. The van der Waals surface area contributed by atoms with Crippen molar-refractivity contribution in [2.24, 2.45) is 5.92 Å². The molecule has 0 spiro atoms. The fraction of sp³-hybridized carbons (Fsp3) is 0.444. The van der Waals surface area contributed by atoms with Crippen LogP contribution in [0.3, 0.4) is 0 Å². The molecule has 0 bridgehead atoms. The summed E-state index contributed by atoms with van der Waals surface area (Å²) in [6.07, 6.45) is 7.19. The number of hydrogen-bond acceptors (Lipinski definition) is 3. The molecule has 1 saturated heterocycles. The molecule has 166 valence electrons. The molecule has 1 aliphatic heterocycles. The van der Waals surface area contributed by atoms with Crippen LogP contribution in [-0.4, -0.2) is 29.8 Å². The molecular weight excluding hydrogens is 398 g/mol. The third-order valence-corrected chi connectivity index (χ3v) is 7.01. The summed E-state index contributed by atoms with van der Waals surface area (Å²) in [5.74, 6) is 0.607. The van der Waals surface area contributed by atoms with Gasteiger partial charge in [0.15, 0.2) is 0 Å². The number of amides is 2. The van der Waals surface area contributed by atoms with Gasteiger partial charge in [0.1, 0.15) is 0 Å². The molecule has 0 radical (unpaired) electrons. The maximum absolute atomic E-state index is 13.2. The predicted octanol–water partition coefficient (Wildman–Crippen LogP) is 5.41. The van der Waals surface area contributed by atoms with Crippen molar-refractivity contribution in [2.45, 2.75) is 57.8 Å². The normalized spacial score (nSPS) is 17.6. The highest BCUT2D eigenvalue weighted by atomic mass is 16.2. The SMILES string of the molecule is Cc1ccc(C(=O)N2CCC(c3ccc(C#N)cc3)CC2)cc1NC(=O)C1CCCCC1. The molecule has 2 aromatic carbocycles. The topological polar surface area (TPSA) is 73.2 Å². The molecule has 2 aromatic rings. The van der Waals surface area contributed by atoms with Gasteiger partial charge in [0.05, 0.1) is 11.6 Å². The Bertz CT molecular complexity index is 1010. The lowest BCUT2D eigenvalue weighted by atomic mass is 9.88. The molecule has 2 fully saturated rings. The van der Waals surface area contributed by atoms with Crippen LogP contribution < -0.4 is 5.32 Å². The number of anilines is 1. The first-order valence-electron chi connectivity index (χ1n) is 11.8. The molecule has 2 aliphatic rings. The van der Waals surface area contributed by atoms with Crippen LogP contribution in [0.5, 0.6) is 0 Å². The minimum absolute atomic E-state index is 0.0245. The summed E-state index contributed by atoms with van der Waals surface area (Å²) in [6.45, 7) is 3.39. The molecule has 0 unspecified atom stereocenters. The van der Waals surface area contributed by atoms with Crippen LogP contribution in [0.25, 0.3) is 0 Å². The van der Waals surface area contributed by atoms with Crippen molar-refractivity contribution >= 4 is 17.5 Å². The highest BCUT2D eigenvalue weighted by Gasteiger charge is 2.26. The van der Waals surface area contributed by atoms with Gasteiger partial charge in [-0.2, -0.15) is 5.26 Å². The van der Waals surface area contributed by atoms with E-state index in [0.717, 1.165) is 49.8 Å². The number of nitrogens with one attached hydrogen (secondary N) is 1. The Labute approximate surface area is 190 Å². The molecule has 1 N–H and O–H groups in total. The van der Waals surface area contributed by atoms with Crippen molar-refractivity contribution in [3.05, 3.63) is 64.7 Å². The summed E-state index contributed by atoms with van der Waals surface area (Å²) in [5.41, 5.74) is 4.27. The number of piperidine rings is 1. The number of nitriles is 1. The van der Waals surface area contributed by atoms with Crippen molar-refractivity contribution in [2.75, 3.05) is 18.4 Å². The number of nitrogens with zero attached hydrogens (tertiary/aromatic N) is 2. The van der Waals surface area contributed by atoms with E-state index in [4.69, 9.17) is 5.26 Å². The van der Waals surface area contributed by atoms with Crippen molar-refractivity contribution in [1.82, 2.24) is 4.90 Å². The summed E-state index contributed by atoms with van der Waals surface area (Å²) in [5, 5.41) is 12.1. The minimum atomic E-state index is 0.0245. The van der Waals surface area contributed by atoms with Gasteiger partial charge in [-0.15, -0.1) is 0 Å². The molecule has 0 aromatic heterocycles. The molecule has 4 rings (SSSR count). The Morgan fingerprint density at radius 3 is 2.31 bits per heavy atom. The van der Waals surface area contributed by atoms with Gasteiger partial charge in [-0.05, 0) is 73.9 Å². The van der Waals surface area contributed by atoms with Gasteiger partial charge < -0.3 is 10.2 Å². The van der Waals surface area contributed by atoms with Crippen LogP contribution in [0.2, 0.25) is 0 Å². The van der Waals surface area contributed by atoms with E-state index in [1.165, 1.54) is 12.0 Å². The molecule has 0 atom stereocenters. The fourth-order valence-corrected chi connectivity index (χ4v) is 4.92. The highest BCUT2D eigenvalue weighted by molar-refractivity contribution is 5.98. The summed E-state index contributed by atoms with van der Waals surface area (Å²) in [7, 11) is 0. The largest absolute Gasteiger partial charge is 0.339 e. The number of carbonyl (C=O) groups is 2. The monoisotopic (exact) mass is 429 g/mol. The first-order valence-corrected chi connectivity index (χ1v) is 11.8. The number of hydrogen-bond donors (Lipinski definition) is 1. The zero-order chi connectivity index (χ0) is 22.5. The van der Waals surface area contributed by atoms with E-state index in [2.05, 4.69) is 11.4 Å². The molecule has 5 nitrogen and oxygen atoms in total. The number of rotatable bonds is 4. The van der Waals surface area contributed by atoms with Crippen LogP contribution in [0.1, 0.15) is 77.9 Å². The van der Waals surface area contributed by atoms with E-state index in [9.17, 15) is 9.59 Å². The zero-order valence-electron chi connectivity index (χ0n) is 18.8. The van der Waals surface area contributed by atoms with Crippen LogP contribution in [0, 0.1) is 24.2 Å². The molecule has 32 heavy (non-hydrogen) atoms. The third kappa shape index (κ3) is 5.02. The minimum Gasteiger partial charge on any atom is -0.339 e. The van der Waals surface area contributed by atoms with Gasteiger partial charge in [0, 0.05) is 30.3 Å². The number of likely N-dealkylation sites (tertiary alicyclic amines) is 1. The maximum Gasteiger partial charge on any atom is 0.253 e. The second-order valence-electron chi connectivity index (χ2n) is 9.15. The van der Waals surface area contributed by atoms with Gasteiger partial charge in [0.25, 0.3) is 5.91 Å². The van der Waals surface area contributed by atoms with E-state index in [1.807, 2.05) is 54.3 Å². The maximum atomic E-state index is 13.2. The lowest BCUT2D eigenvalue weighted by Crippen LogP contribution is -2.38. The van der Waals surface area contributed by atoms with E-state index in [1.54, 1.807) is 0 Å². The second-order valence-corrected chi connectivity index (χ2v) is 9.15. The number of benzene rings is 2. The third-order valence-electron chi connectivity index (χ3n) is 7.01. The molecular formula is C27H31N3O2. The van der Waals surface area contributed by atoms with Gasteiger partial charge in [0.2, 0.25) is 5.91 Å². The van der Waals surface area contributed by atoms with Crippen molar-refractivity contribution < 1.29 is 9.59 Å². The zero-order valence-corrected chi connectivity index (χ0v) is 18.8. The van der Waals surface area contributed by atoms with Crippen molar-refractivity contribution in [3.8, 4) is 6.07 Å². The second kappa shape index (κ2) is 9.99. The highest BCUT2D eigenvalue weighted by Crippen LogP contribution is 2.30. The Morgan fingerprint density at radius 1 is 0.969 bits per heavy atom. The van der Waals surface area contributed by atoms with Crippen molar-refractivity contribution in [1.29, 1.82) is 5.26 Å². The Balaban J connectivity index is 1.38. The van der Waals surface area contributed by atoms with E-state index < -0.39 is 0 Å². The van der Waals surface area contributed by atoms with Gasteiger partial charge in [-0.25, -0.2) is 0 Å². The molecule has 2 amide bonds. The van der Waals surface area contributed by atoms with Crippen LogP contribution in [-0.2, 0) is 4.79 Å². The van der Waals surface area contributed by atoms with Crippen LogP contribution in [0.4, 0.5) is 5.69 Å². The van der Waals surface area contributed by atoms with Crippen LogP contribution in [0.15, 0.2) is 42.5 Å². The van der Waals surface area contributed by atoms with E-state index >= 15 is 0 Å². The van der Waals surface area contributed by atoms with Gasteiger partial charge in [-0.1, -0.05) is 37.5 Å². The average molecular weight is 430 g/mol. The Hall–Kier alpha value is -3.13. The first kappa shape index (κ1) is 22.1. The average Bonchev–Trinajstić information content (AvgIpc) is 2.85. The fourth-order valence-electron chi connectivity index (χ4n) is 4.92. The standard InChI is InChI=1S/C27H31N3O2/c1-19-7-10-24(17-25(19)29-26(31)23-5-3-2-4-6-23)27(32)30-15-13-22(14-16-30)21-11-8-20(18-28)9-12-21/h7-12,17,22-23H,2-6,13-16H2,1H3,(H,29,31). The predicted molar refractivity (Wildman–Crippen MR) is 125 cm³/mol. The summed E-state index contributed by atoms with van der Waals surface area (Å²) >= 11 is 0. The van der Waals surface area contributed by atoms with Gasteiger partial charge >= 0.3 is 0 Å².